The number of nitrogens with zero attached hydrogens (tertiary/aromatic N) is 1. The fourth-order valence-corrected chi connectivity index (χ4v) is 3.24. The third-order valence-electron chi connectivity index (χ3n) is 2.75. The molecule has 0 amide bonds. The van der Waals surface area contributed by atoms with Gasteiger partial charge in [0.15, 0.2) is 4.80 Å². The second-order valence-electron chi connectivity index (χ2n) is 3.78. The third kappa shape index (κ3) is 2.38. The van der Waals surface area contributed by atoms with Gasteiger partial charge in [0, 0.05) is 15.9 Å². The number of aryl methyl sites for hydroxylation is 1. The summed E-state index contributed by atoms with van der Waals surface area (Å²) in [5, 5.41) is 8.00. The molecule has 1 N–H and O–H groups in total. The van der Waals surface area contributed by atoms with Gasteiger partial charge in [0.05, 0.1) is 5.69 Å². The molecule has 1 aromatic heterocycles. The lowest BCUT2D eigenvalue weighted by Crippen LogP contribution is -2.12. The lowest BCUT2D eigenvalue weighted by Gasteiger charge is -2.08. The van der Waals surface area contributed by atoms with E-state index < -0.39 is 0 Å². The minimum Gasteiger partial charge on any atom is -0.317 e. The molecule has 1 aromatic carbocycles. The Balaban J connectivity index is 2.64. The number of hydrogen-bond donors (Lipinski definition) is 1. The lowest BCUT2D eigenvalue weighted by atomic mass is 10.1. The van der Waals surface area contributed by atoms with Crippen LogP contribution in [0.4, 0.5) is 0 Å². The molecule has 0 saturated heterocycles. The highest BCUT2D eigenvalue weighted by molar-refractivity contribution is 9.10. The average Bonchev–Trinajstić information content (AvgIpc) is 2.66. The van der Waals surface area contributed by atoms with Crippen LogP contribution >= 0.6 is 27.3 Å². The van der Waals surface area contributed by atoms with E-state index in [9.17, 15) is 0 Å². The number of rotatable bonds is 3. The van der Waals surface area contributed by atoms with Gasteiger partial charge in [-0.3, -0.25) is 5.41 Å². The number of aromatic nitrogens is 1. The number of hydrogen-bond acceptors (Lipinski definition) is 2. The molecule has 1 heterocycles. The molecule has 0 atom stereocenters. The number of nitrogens with one attached hydrogen (secondary N) is 1. The van der Waals surface area contributed by atoms with Crippen molar-refractivity contribution in [2.45, 2.75) is 26.8 Å². The Bertz CT molecular complexity index is 566. The molecule has 0 unspecified atom stereocenters. The van der Waals surface area contributed by atoms with Crippen molar-refractivity contribution >= 4 is 27.3 Å². The number of thiazole rings is 1. The molecule has 0 aliphatic carbocycles. The molecule has 2 aromatic rings. The lowest BCUT2D eigenvalue weighted by molar-refractivity contribution is 0.733. The quantitative estimate of drug-likeness (QED) is 0.886. The van der Waals surface area contributed by atoms with Gasteiger partial charge in [0.2, 0.25) is 0 Å². The first kappa shape index (κ1) is 12.6. The third-order valence-corrected chi connectivity index (χ3v) is 4.42. The average molecular weight is 311 g/mol. The van der Waals surface area contributed by atoms with Crippen molar-refractivity contribution in [1.82, 2.24) is 4.57 Å². The number of benzene rings is 1. The minimum absolute atomic E-state index is 0.641. The molecule has 0 radical (unpaired) electrons. The molecule has 2 rings (SSSR count). The van der Waals surface area contributed by atoms with Crippen molar-refractivity contribution in [3.63, 3.8) is 0 Å². The van der Waals surface area contributed by atoms with Crippen molar-refractivity contribution in [2.24, 2.45) is 0 Å². The molecule has 0 aliphatic rings. The Labute approximate surface area is 114 Å². The zero-order valence-corrected chi connectivity index (χ0v) is 12.4. The van der Waals surface area contributed by atoms with E-state index in [1.807, 2.05) is 0 Å². The molecule has 90 valence electrons. The van der Waals surface area contributed by atoms with Gasteiger partial charge in [-0.1, -0.05) is 35.0 Å². The summed E-state index contributed by atoms with van der Waals surface area (Å²) in [5.41, 5.74) is 2.40. The summed E-state index contributed by atoms with van der Waals surface area (Å²) in [6, 6.07) is 8.32. The highest BCUT2D eigenvalue weighted by atomic mass is 79.9. The summed E-state index contributed by atoms with van der Waals surface area (Å²) in [6.45, 7) is 5.08. The second-order valence-corrected chi connectivity index (χ2v) is 5.78. The van der Waals surface area contributed by atoms with E-state index in [4.69, 9.17) is 5.41 Å². The summed E-state index contributed by atoms with van der Waals surface area (Å²) in [5.74, 6) is 0. The van der Waals surface area contributed by atoms with E-state index >= 15 is 0 Å². The molecule has 4 heteroatoms. The smallest absolute Gasteiger partial charge is 0.182 e. The zero-order chi connectivity index (χ0) is 12.4. The summed E-state index contributed by atoms with van der Waals surface area (Å²) in [6.07, 6.45) is 0.981. The Morgan fingerprint density at radius 1 is 1.24 bits per heavy atom. The van der Waals surface area contributed by atoms with Crippen LogP contribution in [-0.4, -0.2) is 4.57 Å². The van der Waals surface area contributed by atoms with Gasteiger partial charge in [-0.2, -0.15) is 0 Å². The molecular formula is C13H15BrN2S. The van der Waals surface area contributed by atoms with Crippen LogP contribution in [0.5, 0.6) is 0 Å². The summed E-state index contributed by atoms with van der Waals surface area (Å²) in [7, 11) is 0. The van der Waals surface area contributed by atoms with Gasteiger partial charge in [0.1, 0.15) is 0 Å². The predicted molar refractivity (Wildman–Crippen MR) is 76.4 cm³/mol. The summed E-state index contributed by atoms with van der Waals surface area (Å²) >= 11 is 5.04. The fourth-order valence-electron chi connectivity index (χ4n) is 1.94. The Hall–Kier alpha value is -0.870. The van der Waals surface area contributed by atoms with Crippen LogP contribution in [0.3, 0.4) is 0 Å². The van der Waals surface area contributed by atoms with Crippen LogP contribution in [0.15, 0.2) is 28.7 Å². The fraction of sp³-hybridized carbons (Fsp3) is 0.308. The van der Waals surface area contributed by atoms with Crippen LogP contribution in [0.2, 0.25) is 0 Å². The summed E-state index contributed by atoms with van der Waals surface area (Å²) in [4.78, 5) is 1.93. The van der Waals surface area contributed by atoms with E-state index in [-0.39, 0.29) is 0 Å². The van der Waals surface area contributed by atoms with Crippen molar-refractivity contribution in [2.75, 3.05) is 0 Å². The van der Waals surface area contributed by atoms with Crippen molar-refractivity contribution in [3.8, 4) is 11.3 Å². The molecule has 0 aliphatic heterocycles. The minimum atomic E-state index is 0.641. The standard InChI is InChI=1S/C13H15BrN2S/c1-3-11-12(16(4-2)13(15)17-11)9-5-7-10(14)8-6-9/h5-8,15H,3-4H2,1-2H3. The topological polar surface area (TPSA) is 28.8 Å². The molecule has 0 spiro atoms. The largest absolute Gasteiger partial charge is 0.317 e. The molecule has 0 fully saturated rings. The van der Waals surface area contributed by atoms with E-state index in [2.05, 4.69) is 58.6 Å². The van der Waals surface area contributed by atoms with E-state index in [0.717, 1.165) is 17.4 Å². The van der Waals surface area contributed by atoms with Crippen LogP contribution < -0.4 is 4.80 Å². The van der Waals surface area contributed by atoms with Gasteiger partial charge < -0.3 is 4.57 Å². The molecule has 2 nitrogen and oxygen atoms in total. The van der Waals surface area contributed by atoms with Crippen LogP contribution in [0.25, 0.3) is 11.3 Å². The monoisotopic (exact) mass is 310 g/mol. The van der Waals surface area contributed by atoms with Crippen LogP contribution in [0, 0.1) is 5.41 Å². The van der Waals surface area contributed by atoms with Crippen molar-refractivity contribution in [3.05, 3.63) is 38.4 Å². The maximum atomic E-state index is 8.00. The first-order valence-electron chi connectivity index (χ1n) is 5.70. The maximum absolute atomic E-state index is 8.00. The van der Waals surface area contributed by atoms with Gasteiger partial charge >= 0.3 is 0 Å². The van der Waals surface area contributed by atoms with Gasteiger partial charge in [0.25, 0.3) is 0 Å². The highest BCUT2D eigenvalue weighted by Crippen LogP contribution is 2.27. The zero-order valence-electron chi connectivity index (χ0n) is 9.96. The molecule has 0 bridgehead atoms. The highest BCUT2D eigenvalue weighted by Gasteiger charge is 2.12. The Morgan fingerprint density at radius 3 is 2.41 bits per heavy atom. The Kier molecular flexibility index (Phi) is 3.84. The van der Waals surface area contributed by atoms with Crippen LogP contribution in [0.1, 0.15) is 18.7 Å². The van der Waals surface area contributed by atoms with Gasteiger partial charge in [-0.25, -0.2) is 0 Å². The van der Waals surface area contributed by atoms with Crippen molar-refractivity contribution in [1.29, 1.82) is 5.41 Å². The van der Waals surface area contributed by atoms with Gasteiger partial charge in [-0.05, 0) is 31.0 Å². The first-order chi connectivity index (χ1) is 8.17. The normalized spacial score (nSPS) is 10.8. The second kappa shape index (κ2) is 5.19. The van der Waals surface area contributed by atoms with Gasteiger partial charge in [-0.15, -0.1) is 11.3 Å². The van der Waals surface area contributed by atoms with Crippen molar-refractivity contribution < 1.29 is 0 Å². The van der Waals surface area contributed by atoms with Crippen LogP contribution in [-0.2, 0) is 13.0 Å². The molecule has 17 heavy (non-hydrogen) atoms. The summed E-state index contributed by atoms with van der Waals surface area (Å²) < 4.78 is 3.16. The predicted octanol–water partition coefficient (Wildman–Crippen LogP) is 4.04. The molecular weight excluding hydrogens is 296 g/mol. The van der Waals surface area contributed by atoms with E-state index in [0.29, 0.717) is 4.80 Å². The number of halogens is 1. The molecule has 0 saturated carbocycles. The first-order valence-corrected chi connectivity index (χ1v) is 7.31. The SMILES string of the molecule is CCc1sc(=N)n(CC)c1-c1ccc(Br)cc1. The maximum Gasteiger partial charge on any atom is 0.182 e. The van der Waals surface area contributed by atoms with E-state index in [1.165, 1.54) is 16.1 Å². The Morgan fingerprint density at radius 2 is 1.88 bits per heavy atom. The van der Waals surface area contributed by atoms with E-state index in [1.54, 1.807) is 11.3 Å².